The fourth-order valence-corrected chi connectivity index (χ4v) is 1.50. The van der Waals surface area contributed by atoms with E-state index in [2.05, 4.69) is 10.6 Å². The van der Waals surface area contributed by atoms with Crippen molar-refractivity contribution in [3.05, 3.63) is 18.2 Å². The Hall–Kier alpha value is -1.91. The number of carbonyl (C=O) groups excluding carboxylic acids is 1. The van der Waals surface area contributed by atoms with E-state index in [1.54, 1.807) is 32.2 Å². The number of nitrogen functional groups attached to an aromatic ring is 1. The number of nitrogens with one attached hydrogen (secondary N) is 2. The van der Waals surface area contributed by atoms with E-state index in [9.17, 15) is 4.79 Å². The Bertz CT molecular complexity index is 407. The molecule has 4 N–H and O–H groups in total. The van der Waals surface area contributed by atoms with Gasteiger partial charge in [-0.3, -0.25) is 4.79 Å². The number of hydrogen-bond acceptors (Lipinski definition) is 4. The summed E-state index contributed by atoms with van der Waals surface area (Å²) in [5.74, 6) is 0.660. The molecule has 0 aliphatic heterocycles. The minimum absolute atomic E-state index is 0.0351. The third-order valence-corrected chi connectivity index (χ3v) is 2.57. The van der Waals surface area contributed by atoms with E-state index in [4.69, 9.17) is 10.5 Å². The van der Waals surface area contributed by atoms with E-state index in [0.717, 1.165) is 12.1 Å². The second-order valence-corrected chi connectivity index (χ2v) is 4.11. The van der Waals surface area contributed by atoms with Crippen LogP contribution in [0.4, 0.5) is 11.4 Å². The van der Waals surface area contributed by atoms with Gasteiger partial charge in [0.15, 0.2) is 0 Å². The highest BCUT2D eigenvalue weighted by Gasteiger charge is 2.13. The Kier molecular flexibility index (Phi) is 5.30. The number of anilines is 2. The summed E-state index contributed by atoms with van der Waals surface area (Å²) >= 11 is 0. The van der Waals surface area contributed by atoms with Crippen LogP contribution in [0.15, 0.2) is 18.2 Å². The molecule has 1 unspecified atom stereocenters. The van der Waals surface area contributed by atoms with Crippen LogP contribution in [0.3, 0.4) is 0 Å². The minimum atomic E-state index is -0.327. The average Bonchev–Trinajstić information content (AvgIpc) is 2.38. The Morgan fingerprint density at radius 1 is 1.50 bits per heavy atom. The van der Waals surface area contributed by atoms with Crippen molar-refractivity contribution in [3.8, 4) is 5.75 Å². The molecule has 1 atom stereocenters. The molecule has 0 aliphatic carbocycles. The fraction of sp³-hybridized carbons (Fsp3) is 0.462. The maximum absolute atomic E-state index is 11.7. The number of nitrogens with two attached hydrogens (primary N) is 1. The lowest BCUT2D eigenvalue weighted by Crippen LogP contribution is -2.38. The number of amides is 1. The second kappa shape index (κ2) is 6.74. The Morgan fingerprint density at radius 3 is 2.78 bits per heavy atom. The summed E-state index contributed by atoms with van der Waals surface area (Å²) in [6, 6.07) is 5.00. The highest BCUT2D eigenvalue weighted by atomic mass is 16.5. The van der Waals surface area contributed by atoms with Crippen LogP contribution in [0.5, 0.6) is 5.75 Å². The topological polar surface area (TPSA) is 76.4 Å². The third kappa shape index (κ3) is 3.84. The molecule has 0 bridgehead atoms. The van der Waals surface area contributed by atoms with Crippen LogP contribution in [0.2, 0.25) is 0 Å². The van der Waals surface area contributed by atoms with Gasteiger partial charge < -0.3 is 21.1 Å². The minimum Gasteiger partial charge on any atom is -0.497 e. The van der Waals surface area contributed by atoms with Gasteiger partial charge >= 0.3 is 0 Å². The third-order valence-electron chi connectivity index (χ3n) is 2.57. The lowest BCUT2D eigenvalue weighted by atomic mass is 10.2. The predicted octanol–water partition coefficient (Wildman–Crippen LogP) is 1.60. The largest absolute Gasteiger partial charge is 0.497 e. The van der Waals surface area contributed by atoms with Crippen LogP contribution in [-0.2, 0) is 4.79 Å². The summed E-state index contributed by atoms with van der Waals surface area (Å²) in [6.07, 6.45) is 0.920. The van der Waals surface area contributed by atoms with Gasteiger partial charge in [0.05, 0.1) is 18.5 Å². The second-order valence-electron chi connectivity index (χ2n) is 4.11. The molecule has 1 rings (SSSR count). The van der Waals surface area contributed by atoms with Gasteiger partial charge in [0, 0.05) is 12.6 Å². The summed E-state index contributed by atoms with van der Waals surface area (Å²) in [7, 11) is 1.59. The van der Waals surface area contributed by atoms with Gasteiger partial charge in [0.25, 0.3) is 0 Å². The maximum atomic E-state index is 11.7. The molecular formula is C13H21N3O2. The lowest BCUT2D eigenvalue weighted by molar-refractivity contribution is -0.121. The summed E-state index contributed by atoms with van der Waals surface area (Å²) in [5.41, 5.74) is 7.16. The van der Waals surface area contributed by atoms with Crippen molar-refractivity contribution < 1.29 is 9.53 Å². The monoisotopic (exact) mass is 251 g/mol. The molecule has 0 saturated carbocycles. The fourth-order valence-electron chi connectivity index (χ4n) is 1.50. The number of methoxy groups -OCH3 is 1. The molecule has 0 saturated heterocycles. The van der Waals surface area contributed by atoms with Crippen molar-refractivity contribution in [2.45, 2.75) is 26.3 Å². The van der Waals surface area contributed by atoms with Gasteiger partial charge in [-0.25, -0.2) is 0 Å². The van der Waals surface area contributed by atoms with Crippen molar-refractivity contribution in [1.29, 1.82) is 0 Å². The van der Waals surface area contributed by atoms with Gasteiger partial charge in [0.1, 0.15) is 11.8 Å². The lowest BCUT2D eigenvalue weighted by Gasteiger charge is -2.16. The molecule has 0 radical (unpaired) electrons. The Balaban J connectivity index is 2.64. The first-order valence-electron chi connectivity index (χ1n) is 6.06. The maximum Gasteiger partial charge on any atom is 0.242 e. The molecular weight excluding hydrogens is 230 g/mol. The molecule has 18 heavy (non-hydrogen) atoms. The van der Waals surface area contributed by atoms with Crippen molar-refractivity contribution >= 4 is 17.3 Å². The highest BCUT2D eigenvalue weighted by Crippen LogP contribution is 2.24. The zero-order valence-electron chi connectivity index (χ0n) is 11.1. The first-order valence-corrected chi connectivity index (χ1v) is 6.06. The number of ether oxygens (including phenoxy) is 1. The van der Waals surface area contributed by atoms with Gasteiger partial charge in [-0.05, 0) is 25.5 Å². The molecule has 100 valence electrons. The van der Waals surface area contributed by atoms with E-state index in [-0.39, 0.29) is 11.9 Å². The van der Waals surface area contributed by atoms with Crippen molar-refractivity contribution in [2.75, 3.05) is 24.7 Å². The summed E-state index contributed by atoms with van der Waals surface area (Å²) < 4.78 is 5.07. The molecule has 5 nitrogen and oxygen atoms in total. The predicted molar refractivity (Wildman–Crippen MR) is 73.8 cm³/mol. The van der Waals surface area contributed by atoms with Gasteiger partial charge in [-0.15, -0.1) is 0 Å². The van der Waals surface area contributed by atoms with E-state index in [1.165, 1.54) is 0 Å². The first-order chi connectivity index (χ1) is 8.58. The Morgan fingerprint density at radius 2 is 2.22 bits per heavy atom. The van der Waals surface area contributed by atoms with E-state index in [0.29, 0.717) is 18.0 Å². The van der Waals surface area contributed by atoms with Crippen LogP contribution >= 0.6 is 0 Å². The SMILES string of the molecule is CCCNC(=O)C(C)Nc1ccc(OC)cc1N. The summed E-state index contributed by atoms with van der Waals surface area (Å²) in [5, 5.41) is 5.90. The van der Waals surface area contributed by atoms with Crippen LogP contribution in [0, 0.1) is 0 Å². The van der Waals surface area contributed by atoms with Crippen LogP contribution in [0.1, 0.15) is 20.3 Å². The summed E-state index contributed by atoms with van der Waals surface area (Å²) in [6.45, 7) is 4.50. The molecule has 0 fully saturated rings. The normalized spacial score (nSPS) is 11.7. The molecule has 1 aromatic carbocycles. The summed E-state index contributed by atoms with van der Waals surface area (Å²) in [4.78, 5) is 11.7. The number of hydrogen-bond donors (Lipinski definition) is 3. The zero-order chi connectivity index (χ0) is 13.5. The van der Waals surface area contributed by atoms with Crippen LogP contribution < -0.4 is 21.1 Å². The number of carbonyl (C=O) groups is 1. The average molecular weight is 251 g/mol. The zero-order valence-corrected chi connectivity index (χ0v) is 11.1. The number of rotatable bonds is 6. The molecule has 1 aromatic rings. The van der Waals surface area contributed by atoms with Crippen LogP contribution in [-0.4, -0.2) is 25.6 Å². The Labute approximate surface area is 108 Å². The molecule has 0 aliphatic rings. The highest BCUT2D eigenvalue weighted by molar-refractivity contribution is 5.85. The van der Waals surface area contributed by atoms with E-state index >= 15 is 0 Å². The van der Waals surface area contributed by atoms with Gasteiger partial charge in [-0.1, -0.05) is 6.92 Å². The molecule has 0 heterocycles. The van der Waals surface area contributed by atoms with Gasteiger partial charge in [-0.2, -0.15) is 0 Å². The smallest absolute Gasteiger partial charge is 0.242 e. The van der Waals surface area contributed by atoms with E-state index < -0.39 is 0 Å². The quantitative estimate of drug-likeness (QED) is 0.671. The molecule has 0 aromatic heterocycles. The van der Waals surface area contributed by atoms with Crippen molar-refractivity contribution in [3.63, 3.8) is 0 Å². The molecule has 0 spiro atoms. The van der Waals surface area contributed by atoms with Crippen molar-refractivity contribution in [2.24, 2.45) is 0 Å². The van der Waals surface area contributed by atoms with E-state index in [1.807, 2.05) is 6.92 Å². The molecule has 1 amide bonds. The van der Waals surface area contributed by atoms with Gasteiger partial charge in [0.2, 0.25) is 5.91 Å². The van der Waals surface area contributed by atoms with Crippen molar-refractivity contribution in [1.82, 2.24) is 5.32 Å². The first kappa shape index (κ1) is 14.2. The molecule has 5 heteroatoms. The number of benzene rings is 1. The van der Waals surface area contributed by atoms with Crippen LogP contribution in [0.25, 0.3) is 0 Å². The standard InChI is InChI=1S/C13H21N3O2/c1-4-7-15-13(17)9(2)16-12-6-5-10(18-3)8-11(12)14/h5-6,8-9,16H,4,7,14H2,1-3H3,(H,15,17).